The molecular weight excluding hydrogens is 414 g/mol. The molecule has 1 atom stereocenters. The van der Waals surface area contributed by atoms with Crippen molar-refractivity contribution in [3.05, 3.63) is 40.6 Å². The molecule has 144 valence electrons. The molecule has 1 aliphatic rings. The van der Waals surface area contributed by atoms with Crippen LogP contribution in [0.25, 0.3) is 11.0 Å². The maximum atomic E-state index is 12.9. The first-order chi connectivity index (χ1) is 12.7. The van der Waals surface area contributed by atoms with Gasteiger partial charge in [-0.05, 0) is 39.0 Å². The number of furan rings is 1. The fraction of sp³-hybridized carbons (Fsp3) is 0.368. The Morgan fingerprint density at radius 3 is 2.81 bits per heavy atom. The number of carbonyl (C=O) groups excluding carboxylic acids is 2. The van der Waals surface area contributed by atoms with Crippen LogP contribution in [0.15, 0.2) is 39.2 Å². The SMILES string of the molecule is CC(C)(C)OC(=O)N1CC=C[C@H]1C(=O)Nc1c(CN)oc2ccc(Br)cc12. The Labute approximate surface area is 165 Å². The number of benzene rings is 1. The summed E-state index contributed by atoms with van der Waals surface area (Å²) in [4.78, 5) is 26.7. The Bertz CT molecular complexity index is 914. The summed E-state index contributed by atoms with van der Waals surface area (Å²) in [7, 11) is 0. The zero-order valence-electron chi connectivity index (χ0n) is 15.4. The van der Waals surface area contributed by atoms with Crippen molar-refractivity contribution < 1.29 is 18.7 Å². The van der Waals surface area contributed by atoms with Crippen LogP contribution in [0.3, 0.4) is 0 Å². The third-order valence-corrected chi connectivity index (χ3v) is 4.50. The maximum absolute atomic E-state index is 12.9. The molecule has 0 radical (unpaired) electrons. The first-order valence-corrected chi connectivity index (χ1v) is 9.37. The number of hydrogen-bond acceptors (Lipinski definition) is 5. The Hall–Kier alpha value is -2.32. The lowest BCUT2D eigenvalue weighted by atomic mass is 10.2. The van der Waals surface area contributed by atoms with E-state index in [0.29, 0.717) is 23.6 Å². The summed E-state index contributed by atoms with van der Waals surface area (Å²) in [5, 5.41) is 3.61. The van der Waals surface area contributed by atoms with Crippen LogP contribution >= 0.6 is 15.9 Å². The number of halogens is 1. The van der Waals surface area contributed by atoms with Crippen LogP contribution in [0.5, 0.6) is 0 Å². The van der Waals surface area contributed by atoms with E-state index in [2.05, 4.69) is 21.2 Å². The number of nitrogens with zero attached hydrogens (tertiary/aromatic N) is 1. The molecule has 1 aliphatic heterocycles. The first-order valence-electron chi connectivity index (χ1n) is 8.58. The number of hydrogen-bond donors (Lipinski definition) is 2. The molecule has 2 aromatic rings. The van der Waals surface area contributed by atoms with Crippen molar-refractivity contribution >= 4 is 44.6 Å². The van der Waals surface area contributed by atoms with E-state index in [1.54, 1.807) is 39.0 Å². The molecule has 1 aromatic heterocycles. The Balaban J connectivity index is 1.84. The molecule has 0 fully saturated rings. The molecule has 0 aliphatic carbocycles. The van der Waals surface area contributed by atoms with E-state index in [-0.39, 0.29) is 12.5 Å². The van der Waals surface area contributed by atoms with Gasteiger partial charge in [-0.3, -0.25) is 9.69 Å². The summed E-state index contributed by atoms with van der Waals surface area (Å²) in [6, 6.07) is 4.74. The Morgan fingerprint density at radius 2 is 2.15 bits per heavy atom. The first kappa shape index (κ1) is 19.4. The number of anilines is 1. The fourth-order valence-corrected chi connectivity index (χ4v) is 3.22. The molecule has 0 saturated carbocycles. The molecule has 1 aromatic carbocycles. The van der Waals surface area contributed by atoms with Gasteiger partial charge >= 0.3 is 6.09 Å². The highest BCUT2D eigenvalue weighted by atomic mass is 79.9. The van der Waals surface area contributed by atoms with Gasteiger partial charge in [-0.2, -0.15) is 0 Å². The van der Waals surface area contributed by atoms with Crippen molar-refractivity contribution in [2.24, 2.45) is 5.73 Å². The van der Waals surface area contributed by atoms with Gasteiger partial charge in [-0.25, -0.2) is 4.79 Å². The minimum Gasteiger partial charge on any atom is -0.457 e. The van der Waals surface area contributed by atoms with Crippen LogP contribution in [-0.2, 0) is 16.1 Å². The molecule has 0 saturated heterocycles. The van der Waals surface area contributed by atoms with Crippen molar-refractivity contribution in [3.8, 4) is 0 Å². The molecule has 0 spiro atoms. The number of nitrogens with one attached hydrogen (secondary N) is 1. The molecule has 2 heterocycles. The predicted molar refractivity (Wildman–Crippen MR) is 106 cm³/mol. The van der Waals surface area contributed by atoms with Crippen molar-refractivity contribution in [2.75, 3.05) is 11.9 Å². The third-order valence-electron chi connectivity index (χ3n) is 4.01. The molecule has 0 bridgehead atoms. The highest BCUT2D eigenvalue weighted by molar-refractivity contribution is 9.10. The van der Waals surface area contributed by atoms with Crippen LogP contribution in [-0.4, -0.2) is 35.1 Å². The van der Waals surface area contributed by atoms with E-state index >= 15 is 0 Å². The second-order valence-corrected chi connectivity index (χ2v) is 8.16. The van der Waals surface area contributed by atoms with Crippen LogP contribution in [0.2, 0.25) is 0 Å². The summed E-state index contributed by atoms with van der Waals surface area (Å²) in [5.74, 6) is 0.120. The number of fused-ring (bicyclic) bond motifs is 1. The maximum Gasteiger partial charge on any atom is 0.411 e. The van der Waals surface area contributed by atoms with Gasteiger partial charge in [0, 0.05) is 16.4 Å². The number of rotatable bonds is 3. The van der Waals surface area contributed by atoms with E-state index in [4.69, 9.17) is 14.9 Å². The van der Waals surface area contributed by atoms with Crippen molar-refractivity contribution in [1.82, 2.24) is 4.90 Å². The van der Waals surface area contributed by atoms with E-state index in [1.165, 1.54) is 4.90 Å². The predicted octanol–water partition coefficient (Wildman–Crippen LogP) is 3.77. The zero-order chi connectivity index (χ0) is 19.8. The van der Waals surface area contributed by atoms with Gasteiger partial charge in [0.25, 0.3) is 5.91 Å². The lowest BCUT2D eigenvalue weighted by Gasteiger charge is -2.28. The van der Waals surface area contributed by atoms with Gasteiger partial charge in [-0.1, -0.05) is 28.1 Å². The Morgan fingerprint density at radius 1 is 1.41 bits per heavy atom. The monoisotopic (exact) mass is 435 g/mol. The van der Waals surface area contributed by atoms with E-state index in [1.807, 2.05) is 12.1 Å². The minimum atomic E-state index is -0.762. The molecule has 8 heteroatoms. The van der Waals surface area contributed by atoms with Crippen LogP contribution < -0.4 is 11.1 Å². The molecule has 3 rings (SSSR count). The van der Waals surface area contributed by atoms with Gasteiger partial charge in [-0.15, -0.1) is 0 Å². The second kappa shape index (κ2) is 7.36. The van der Waals surface area contributed by atoms with Gasteiger partial charge < -0.3 is 20.2 Å². The molecule has 27 heavy (non-hydrogen) atoms. The summed E-state index contributed by atoms with van der Waals surface area (Å²) < 4.78 is 12.0. The summed E-state index contributed by atoms with van der Waals surface area (Å²) >= 11 is 3.42. The van der Waals surface area contributed by atoms with E-state index < -0.39 is 17.7 Å². The Kier molecular flexibility index (Phi) is 5.30. The average molecular weight is 436 g/mol. The normalized spacial score (nSPS) is 16.8. The summed E-state index contributed by atoms with van der Waals surface area (Å²) in [6.07, 6.45) is 2.91. The molecule has 7 nitrogen and oxygen atoms in total. The average Bonchev–Trinajstić information content (AvgIpc) is 3.18. The summed E-state index contributed by atoms with van der Waals surface area (Å²) in [6.45, 7) is 5.80. The smallest absolute Gasteiger partial charge is 0.411 e. The second-order valence-electron chi connectivity index (χ2n) is 7.24. The number of nitrogens with two attached hydrogens (primary N) is 1. The number of ether oxygens (including phenoxy) is 1. The number of carbonyl (C=O) groups is 2. The highest BCUT2D eigenvalue weighted by Gasteiger charge is 2.34. The van der Waals surface area contributed by atoms with E-state index in [9.17, 15) is 9.59 Å². The van der Waals surface area contributed by atoms with Gasteiger partial charge in [0.15, 0.2) is 0 Å². The number of amides is 2. The van der Waals surface area contributed by atoms with Crippen molar-refractivity contribution in [2.45, 2.75) is 39.0 Å². The molecule has 0 unspecified atom stereocenters. The lowest BCUT2D eigenvalue weighted by Crippen LogP contribution is -2.45. The van der Waals surface area contributed by atoms with Crippen molar-refractivity contribution in [3.63, 3.8) is 0 Å². The molecule has 2 amide bonds. The van der Waals surface area contributed by atoms with Crippen LogP contribution in [0, 0.1) is 0 Å². The lowest BCUT2D eigenvalue weighted by molar-refractivity contribution is -0.119. The summed E-state index contributed by atoms with van der Waals surface area (Å²) in [5.41, 5.74) is 6.27. The van der Waals surface area contributed by atoms with Crippen LogP contribution in [0.1, 0.15) is 26.5 Å². The fourth-order valence-electron chi connectivity index (χ4n) is 2.86. The van der Waals surface area contributed by atoms with Crippen molar-refractivity contribution in [1.29, 1.82) is 0 Å². The molecular formula is C19H22BrN3O4. The van der Waals surface area contributed by atoms with Gasteiger partial charge in [0.2, 0.25) is 0 Å². The van der Waals surface area contributed by atoms with Gasteiger partial charge in [0.1, 0.15) is 23.0 Å². The minimum absolute atomic E-state index is 0.137. The van der Waals surface area contributed by atoms with E-state index in [0.717, 1.165) is 9.86 Å². The van der Waals surface area contributed by atoms with Gasteiger partial charge in [0.05, 0.1) is 12.2 Å². The zero-order valence-corrected chi connectivity index (χ0v) is 17.0. The largest absolute Gasteiger partial charge is 0.457 e. The highest BCUT2D eigenvalue weighted by Crippen LogP contribution is 2.33. The quantitative estimate of drug-likeness (QED) is 0.714. The standard InChI is InChI=1S/C19H22BrN3O4/c1-19(2,3)27-18(25)23-8-4-5-13(23)17(24)22-16-12-9-11(20)6-7-14(12)26-15(16)10-21/h4-7,9,13H,8,10,21H2,1-3H3,(H,22,24)/t13-/m0/s1. The van der Waals surface area contributed by atoms with Crippen LogP contribution in [0.4, 0.5) is 10.5 Å². The third kappa shape index (κ3) is 4.17. The molecule has 3 N–H and O–H groups in total. The topological polar surface area (TPSA) is 97.8 Å².